The van der Waals surface area contributed by atoms with Crippen molar-refractivity contribution >= 4 is 23.5 Å². The van der Waals surface area contributed by atoms with E-state index >= 15 is 0 Å². The summed E-state index contributed by atoms with van der Waals surface area (Å²) in [5.41, 5.74) is 6.68. The number of carbonyl (C=O) groups excluding carboxylic acids is 1. The second-order valence-corrected chi connectivity index (χ2v) is 5.50. The number of benzene rings is 2. The highest BCUT2D eigenvalue weighted by Crippen LogP contribution is 2.33. The lowest BCUT2D eigenvalue weighted by Crippen LogP contribution is -2.16. The van der Waals surface area contributed by atoms with Gasteiger partial charge in [-0.2, -0.15) is 9.67 Å². The number of nitrogens with one attached hydrogen (secondary N) is 1. The minimum Gasteiger partial charge on any atom is -0.486 e. The maximum absolute atomic E-state index is 13.0. The quantitative estimate of drug-likeness (QED) is 0.742. The summed E-state index contributed by atoms with van der Waals surface area (Å²) in [5.74, 6) is 0.385. The summed E-state index contributed by atoms with van der Waals surface area (Å²) in [4.78, 5) is 16.5. The number of fused-ring (bicyclic) bond motifs is 1. The third kappa shape index (κ3) is 3.02. The number of halogens is 1. The second kappa shape index (κ2) is 6.36. The Morgan fingerprint density at radius 2 is 1.85 bits per heavy atom. The molecule has 0 fully saturated rings. The molecule has 9 heteroatoms. The van der Waals surface area contributed by atoms with E-state index in [1.807, 2.05) is 0 Å². The van der Waals surface area contributed by atoms with Crippen molar-refractivity contribution in [3.05, 3.63) is 53.8 Å². The van der Waals surface area contributed by atoms with Crippen LogP contribution in [0.4, 0.5) is 22.0 Å². The van der Waals surface area contributed by atoms with Gasteiger partial charge >= 0.3 is 0 Å². The molecule has 0 atom stereocenters. The number of nitrogens with zero attached hydrogens (tertiary/aromatic N) is 3. The van der Waals surface area contributed by atoms with Gasteiger partial charge < -0.3 is 20.5 Å². The van der Waals surface area contributed by atoms with Crippen molar-refractivity contribution in [2.24, 2.45) is 0 Å². The van der Waals surface area contributed by atoms with Crippen LogP contribution in [-0.2, 0) is 0 Å². The number of ether oxygens (including phenoxy) is 2. The monoisotopic (exact) mass is 355 g/mol. The molecule has 0 spiro atoms. The van der Waals surface area contributed by atoms with Crippen LogP contribution in [0.1, 0.15) is 10.4 Å². The lowest BCUT2D eigenvalue weighted by molar-refractivity contribution is 0.0948. The Bertz CT molecular complexity index is 971. The number of hydrogen-bond acceptors (Lipinski definition) is 7. The van der Waals surface area contributed by atoms with Gasteiger partial charge in [-0.15, -0.1) is 5.10 Å². The van der Waals surface area contributed by atoms with Gasteiger partial charge in [-0.25, -0.2) is 4.39 Å². The van der Waals surface area contributed by atoms with Crippen LogP contribution in [0.15, 0.2) is 42.5 Å². The Labute approximate surface area is 147 Å². The average Bonchev–Trinajstić information content (AvgIpc) is 3.02. The van der Waals surface area contributed by atoms with E-state index in [4.69, 9.17) is 15.2 Å². The molecular formula is C17H14FN5O3. The molecule has 3 aromatic rings. The van der Waals surface area contributed by atoms with Gasteiger partial charge in [-0.05, 0) is 36.4 Å². The SMILES string of the molecule is Nc1nc(Nc2ccc3c(c2)OCCO3)nn1C(=O)c1ccc(F)cc1. The van der Waals surface area contributed by atoms with E-state index in [2.05, 4.69) is 15.4 Å². The van der Waals surface area contributed by atoms with E-state index in [1.165, 1.54) is 24.3 Å². The lowest BCUT2D eigenvalue weighted by Gasteiger charge is -2.18. The van der Waals surface area contributed by atoms with Gasteiger partial charge in [0.05, 0.1) is 0 Å². The zero-order chi connectivity index (χ0) is 18.1. The number of hydrogen-bond donors (Lipinski definition) is 2. The summed E-state index contributed by atoms with van der Waals surface area (Å²) in [7, 11) is 0. The predicted molar refractivity (Wildman–Crippen MR) is 91.3 cm³/mol. The molecule has 1 aliphatic heterocycles. The highest BCUT2D eigenvalue weighted by atomic mass is 19.1. The molecule has 26 heavy (non-hydrogen) atoms. The number of nitrogens with two attached hydrogens (primary N) is 1. The second-order valence-electron chi connectivity index (χ2n) is 5.50. The average molecular weight is 355 g/mol. The van der Waals surface area contributed by atoms with Crippen LogP contribution in [0.5, 0.6) is 11.5 Å². The third-order valence-electron chi connectivity index (χ3n) is 3.71. The fourth-order valence-corrected chi connectivity index (χ4v) is 2.49. The van der Waals surface area contributed by atoms with Crippen molar-refractivity contribution < 1.29 is 18.7 Å². The first-order valence-corrected chi connectivity index (χ1v) is 7.79. The number of nitrogen functional groups attached to an aromatic ring is 1. The lowest BCUT2D eigenvalue weighted by atomic mass is 10.2. The highest BCUT2D eigenvalue weighted by molar-refractivity contribution is 5.96. The van der Waals surface area contributed by atoms with Crippen molar-refractivity contribution in [1.82, 2.24) is 14.8 Å². The minimum atomic E-state index is -0.509. The molecule has 0 aliphatic carbocycles. The molecule has 0 radical (unpaired) electrons. The van der Waals surface area contributed by atoms with Crippen molar-refractivity contribution in [3.8, 4) is 11.5 Å². The predicted octanol–water partition coefficient (Wildman–Crippen LogP) is 2.20. The van der Waals surface area contributed by atoms with Crippen LogP contribution in [-0.4, -0.2) is 33.9 Å². The third-order valence-corrected chi connectivity index (χ3v) is 3.71. The van der Waals surface area contributed by atoms with Gasteiger partial charge in [0.25, 0.3) is 5.91 Å². The first-order valence-electron chi connectivity index (χ1n) is 7.79. The highest BCUT2D eigenvalue weighted by Gasteiger charge is 2.17. The zero-order valence-corrected chi connectivity index (χ0v) is 13.5. The molecule has 0 amide bonds. The summed E-state index contributed by atoms with van der Waals surface area (Å²) in [6.45, 7) is 0.982. The summed E-state index contributed by atoms with van der Waals surface area (Å²) < 4.78 is 24.9. The minimum absolute atomic E-state index is 0.0839. The topological polar surface area (TPSA) is 104 Å². The number of aromatic nitrogens is 3. The summed E-state index contributed by atoms with van der Waals surface area (Å²) in [6.07, 6.45) is 0. The molecule has 132 valence electrons. The Kier molecular flexibility index (Phi) is 3.88. The maximum atomic E-state index is 13.0. The maximum Gasteiger partial charge on any atom is 0.281 e. The Hall–Kier alpha value is -3.62. The first-order chi connectivity index (χ1) is 12.6. The van der Waals surface area contributed by atoms with Crippen LogP contribution >= 0.6 is 0 Å². The standard InChI is InChI=1S/C17H14FN5O3/c18-11-3-1-10(2-4-11)15(24)23-16(19)21-17(22-23)20-12-5-6-13-14(9-12)26-8-7-25-13/h1-6,9H,7-8H2,(H3,19,20,21,22). The number of rotatable bonds is 3. The van der Waals surface area contributed by atoms with Crippen LogP contribution < -0.4 is 20.5 Å². The number of carbonyl (C=O) groups is 1. The molecule has 8 nitrogen and oxygen atoms in total. The van der Waals surface area contributed by atoms with E-state index < -0.39 is 11.7 Å². The molecule has 4 rings (SSSR count). The van der Waals surface area contributed by atoms with Gasteiger partial charge in [0.1, 0.15) is 19.0 Å². The van der Waals surface area contributed by atoms with E-state index in [1.54, 1.807) is 18.2 Å². The van der Waals surface area contributed by atoms with E-state index in [9.17, 15) is 9.18 Å². The van der Waals surface area contributed by atoms with E-state index in [0.717, 1.165) is 4.68 Å². The normalized spacial score (nSPS) is 12.7. The molecule has 2 aromatic carbocycles. The first kappa shape index (κ1) is 15.9. The van der Waals surface area contributed by atoms with Gasteiger partial charge in [-0.3, -0.25) is 4.79 Å². The van der Waals surface area contributed by atoms with Crippen molar-refractivity contribution in [2.45, 2.75) is 0 Å². The fraction of sp³-hybridized carbons (Fsp3) is 0.118. The zero-order valence-electron chi connectivity index (χ0n) is 13.5. The van der Waals surface area contributed by atoms with Crippen LogP contribution in [0.25, 0.3) is 0 Å². The smallest absolute Gasteiger partial charge is 0.281 e. The molecule has 3 N–H and O–H groups in total. The molecule has 0 unspecified atom stereocenters. The molecular weight excluding hydrogens is 341 g/mol. The molecule has 0 saturated heterocycles. The molecule has 2 heterocycles. The molecule has 1 aromatic heterocycles. The number of anilines is 3. The van der Waals surface area contributed by atoms with Gasteiger partial charge in [0.2, 0.25) is 11.9 Å². The van der Waals surface area contributed by atoms with Crippen LogP contribution in [0.2, 0.25) is 0 Å². The van der Waals surface area contributed by atoms with Crippen molar-refractivity contribution in [3.63, 3.8) is 0 Å². The molecule has 1 aliphatic rings. The molecule has 0 saturated carbocycles. The van der Waals surface area contributed by atoms with Crippen LogP contribution in [0, 0.1) is 5.82 Å². The van der Waals surface area contributed by atoms with E-state index in [0.29, 0.717) is 30.4 Å². The largest absolute Gasteiger partial charge is 0.486 e. The summed E-state index contributed by atoms with van der Waals surface area (Å²) >= 11 is 0. The fourth-order valence-electron chi connectivity index (χ4n) is 2.49. The van der Waals surface area contributed by atoms with Crippen molar-refractivity contribution in [2.75, 3.05) is 24.3 Å². The van der Waals surface area contributed by atoms with Crippen LogP contribution in [0.3, 0.4) is 0 Å². The van der Waals surface area contributed by atoms with E-state index in [-0.39, 0.29) is 17.5 Å². The Morgan fingerprint density at radius 1 is 1.12 bits per heavy atom. The summed E-state index contributed by atoms with van der Waals surface area (Å²) in [6, 6.07) is 10.4. The van der Waals surface area contributed by atoms with Gasteiger partial charge in [0.15, 0.2) is 11.5 Å². The Balaban J connectivity index is 1.56. The Morgan fingerprint density at radius 3 is 2.62 bits per heavy atom. The van der Waals surface area contributed by atoms with Crippen molar-refractivity contribution in [1.29, 1.82) is 0 Å². The van der Waals surface area contributed by atoms with Gasteiger partial charge in [0, 0.05) is 17.3 Å². The summed E-state index contributed by atoms with van der Waals surface area (Å²) in [5, 5.41) is 7.03. The molecule has 0 bridgehead atoms. The van der Waals surface area contributed by atoms with Gasteiger partial charge in [-0.1, -0.05) is 0 Å².